The smallest absolute Gasteiger partial charge is 0.224 e. The lowest BCUT2D eigenvalue weighted by Crippen LogP contribution is -2.52. The van der Waals surface area contributed by atoms with Gasteiger partial charge in [0, 0.05) is 25.7 Å². The first-order valence-electron chi connectivity index (χ1n) is 8.97. The van der Waals surface area contributed by atoms with E-state index in [0.717, 1.165) is 44.7 Å². The molecule has 134 valence electrons. The molecule has 1 aromatic carbocycles. The monoisotopic (exact) mass is 336 g/mol. The molecule has 1 aliphatic rings. The van der Waals surface area contributed by atoms with Gasteiger partial charge in [-0.3, -0.25) is 9.69 Å². The molecular formula is C19H29FN2O2. The zero-order chi connectivity index (χ0) is 17.4. The number of morpholine rings is 1. The minimum atomic E-state index is -0.278. The first-order valence-corrected chi connectivity index (χ1v) is 8.97. The van der Waals surface area contributed by atoms with E-state index in [0.29, 0.717) is 24.9 Å². The van der Waals surface area contributed by atoms with Crippen LogP contribution in [0.3, 0.4) is 0 Å². The molecule has 0 spiro atoms. The molecule has 1 amide bonds. The van der Waals surface area contributed by atoms with Gasteiger partial charge in [-0.2, -0.15) is 0 Å². The number of carbonyl (C=O) groups excluding carboxylic acids is 1. The van der Waals surface area contributed by atoms with Crippen LogP contribution in [-0.4, -0.2) is 49.7 Å². The average Bonchev–Trinajstić information content (AvgIpc) is 2.61. The van der Waals surface area contributed by atoms with Gasteiger partial charge in [0.05, 0.1) is 19.6 Å². The molecule has 24 heavy (non-hydrogen) atoms. The SMILES string of the molecule is CCC(CC)C(CNC(=O)Cc1ccc(F)cc1)N1CCOCC1. The Balaban J connectivity index is 1.90. The molecule has 1 aromatic rings. The van der Waals surface area contributed by atoms with Crippen LogP contribution >= 0.6 is 0 Å². The Hall–Kier alpha value is -1.46. The van der Waals surface area contributed by atoms with Gasteiger partial charge in [0.25, 0.3) is 0 Å². The number of nitrogens with zero attached hydrogens (tertiary/aromatic N) is 1. The number of benzene rings is 1. The normalized spacial score (nSPS) is 17.0. The van der Waals surface area contributed by atoms with Crippen LogP contribution in [0.15, 0.2) is 24.3 Å². The summed E-state index contributed by atoms with van der Waals surface area (Å²) in [6, 6.07) is 6.46. The number of ether oxygens (including phenoxy) is 1. The van der Waals surface area contributed by atoms with Crippen molar-refractivity contribution in [1.29, 1.82) is 0 Å². The Bertz CT molecular complexity index is 497. The Kier molecular flexibility index (Phi) is 7.66. The Morgan fingerprint density at radius 1 is 1.21 bits per heavy atom. The highest BCUT2D eigenvalue weighted by Gasteiger charge is 2.27. The van der Waals surface area contributed by atoms with Crippen LogP contribution in [0.2, 0.25) is 0 Å². The quantitative estimate of drug-likeness (QED) is 0.793. The molecule has 0 aliphatic carbocycles. The van der Waals surface area contributed by atoms with E-state index in [2.05, 4.69) is 24.1 Å². The Morgan fingerprint density at radius 3 is 2.42 bits per heavy atom. The molecule has 0 saturated carbocycles. The van der Waals surface area contributed by atoms with Crippen molar-refractivity contribution in [2.24, 2.45) is 5.92 Å². The third-order valence-electron chi connectivity index (χ3n) is 4.89. The van der Waals surface area contributed by atoms with Gasteiger partial charge in [0.15, 0.2) is 0 Å². The number of nitrogens with one attached hydrogen (secondary N) is 1. The third-order valence-corrected chi connectivity index (χ3v) is 4.89. The first kappa shape index (κ1) is 18.9. The fourth-order valence-electron chi connectivity index (χ4n) is 3.40. The van der Waals surface area contributed by atoms with Gasteiger partial charge in [-0.25, -0.2) is 4.39 Å². The predicted molar refractivity (Wildman–Crippen MR) is 93.4 cm³/mol. The second kappa shape index (κ2) is 9.74. The molecule has 1 unspecified atom stereocenters. The standard InChI is InChI=1S/C19H29FN2O2/c1-3-16(4-2)18(22-9-11-24-12-10-22)14-21-19(23)13-15-5-7-17(20)8-6-15/h5-8,16,18H,3-4,9-14H2,1-2H3,(H,21,23). The number of amides is 1. The molecule has 4 nitrogen and oxygen atoms in total. The van der Waals surface area contributed by atoms with Gasteiger partial charge >= 0.3 is 0 Å². The Morgan fingerprint density at radius 2 is 1.83 bits per heavy atom. The molecule has 5 heteroatoms. The predicted octanol–water partition coefficient (Wildman–Crippen LogP) is 2.62. The van der Waals surface area contributed by atoms with Crippen molar-refractivity contribution >= 4 is 5.91 Å². The van der Waals surface area contributed by atoms with Crippen molar-refractivity contribution in [2.45, 2.75) is 39.2 Å². The Labute approximate surface area is 144 Å². The highest BCUT2D eigenvalue weighted by Crippen LogP contribution is 2.19. The van der Waals surface area contributed by atoms with Crippen molar-refractivity contribution < 1.29 is 13.9 Å². The second-order valence-corrected chi connectivity index (χ2v) is 6.40. The zero-order valence-corrected chi connectivity index (χ0v) is 14.8. The molecular weight excluding hydrogens is 307 g/mol. The topological polar surface area (TPSA) is 41.6 Å². The average molecular weight is 336 g/mol. The molecule has 2 rings (SSSR count). The minimum Gasteiger partial charge on any atom is -0.379 e. The highest BCUT2D eigenvalue weighted by atomic mass is 19.1. The number of carbonyl (C=O) groups is 1. The summed E-state index contributed by atoms with van der Waals surface area (Å²) in [5.41, 5.74) is 0.833. The summed E-state index contributed by atoms with van der Waals surface area (Å²) in [6.45, 7) is 8.46. The van der Waals surface area contributed by atoms with Crippen LogP contribution in [0.1, 0.15) is 32.3 Å². The van der Waals surface area contributed by atoms with E-state index < -0.39 is 0 Å². The highest BCUT2D eigenvalue weighted by molar-refractivity contribution is 5.78. The molecule has 0 bridgehead atoms. The molecule has 0 radical (unpaired) electrons. The van der Waals surface area contributed by atoms with Gasteiger partial charge in [-0.05, 0) is 23.6 Å². The number of rotatable bonds is 8. The van der Waals surface area contributed by atoms with E-state index in [1.165, 1.54) is 12.1 Å². The molecule has 1 aliphatic heterocycles. The van der Waals surface area contributed by atoms with E-state index >= 15 is 0 Å². The molecule has 1 atom stereocenters. The lowest BCUT2D eigenvalue weighted by Gasteiger charge is -2.38. The van der Waals surface area contributed by atoms with Gasteiger partial charge in [0.2, 0.25) is 5.91 Å². The second-order valence-electron chi connectivity index (χ2n) is 6.40. The fraction of sp³-hybridized carbons (Fsp3) is 0.632. The lowest BCUT2D eigenvalue weighted by molar-refractivity contribution is -0.121. The first-order chi connectivity index (χ1) is 11.6. The van der Waals surface area contributed by atoms with E-state index in [4.69, 9.17) is 4.74 Å². The van der Waals surface area contributed by atoms with E-state index in [9.17, 15) is 9.18 Å². The summed E-state index contributed by atoms with van der Waals surface area (Å²) in [6.07, 6.45) is 2.50. The van der Waals surface area contributed by atoms with E-state index in [1.807, 2.05) is 0 Å². The molecule has 1 saturated heterocycles. The van der Waals surface area contributed by atoms with Crippen LogP contribution in [0.4, 0.5) is 4.39 Å². The van der Waals surface area contributed by atoms with Crippen LogP contribution < -0.4 is 5.32 Å². The van der Waals surface area contributed by atoms with Gasteiger partial charge in [0.1, 0.15) is 5.82 Å². The molecule has 0 aromatic heterocycles. The molecule has 1 fully saturated rings. The summed E-state index contributed by atoms with van der Waals surface area (Å²) in [4.78, 5) is 14.7. The number of hydrogen-bond acceptors (Lipinski definition) is 3. The summed E-state index contributed by atoms with van der Waals surface area (Å²) in [5.74, 6) is 0.278. The van der Waals surface area contributed by atoms with Crippen molar-refractivity contribution in [1.82, 2.24) is 10.2 Å². The van der Waals surface area contributed by atoms with Crippen LogP contribution in [0.5, 0.6) is 0 Å². The maximum atomic E-state index is 12.9. The maximum absolute atomic E-state index is 12.9. The van der Waals surface area contributed by atoms with Gasteiger partial charge in [-0.1, -0.05) is 38.8 Å². The van der Waals surface area contributed by atoms with E-state index in [-0.39, 0.29) is 11.7 Å². The van der Waals surface area contributed by atoms with Crippen LogP contribution in [-0.2, 0) is 16.0 Å². The fourth-order valence-corrected chi connectivity index (χ4v) is 3.40. The van der Waals surface area contributed by atoms with Crippen molar-refractivity contribution in [3.05, 3.63) is 35.6 Å². The van der Waals surface area contributed by atoms with Gasteiger partial charge < -0.3 is 10.1 Å². The van der Waals surface area contributed by atoms with Crippen LogP contribution in [0, 0.1) is 11.7 Å². The van der Waals surface area contributed by atoms with Crippen molar-refractivity contribution in [3.8, 4) is 0 Å². The minimum absolute atomic E-state index is 0.00850. The third kappa shape index (κ3) is 5.56. The maximum Gasteiger partial charge on any atom is 0.224 e. The number of halogens is 1. The van der Waals surface area contributed by atoms with Crippen molar-refractivity contribution in [3.63, 3.8) is 0 Å². The summed E-state index contributed by atoms with van der Waals surface area (Å²) in [5, 5.41) is 3.08. The van der Waals surface area contributed by atoms with Crippen molar-refractivity contribution in [2.75, 3.05) is 32.8 Å². The molecule has 1 N–H and O–H groups in total. The summed E-state index contributed by atoms with van der Waals surface area (Å²) < 4.78 is 18.4. The molecule has 1 heterocycles. The number of hydrogen-bond donors (Lipinski definition) is 1. The lowest BCUT2D eigenvalue weighted by atomic mass is 9.92. The van der Waals surface area contributed by atoms with Crippen LogP contribution in [0.25, 0.3) is 0 Å². The largest absolute Gasteiger partial charge is 0.379 e. The van der Waals surface area contributed by atoms with Gasteiger partial charge in [-0.15, -0.1) is 0 Å². The van der Waals surface area contributed by atoms with E-state index in [1.54, 1.807) is 12.1 Å². The summed E-state index contributed by atoms with van der Waals surface area (Å²) in [7, 11) is 0. The summed E-state index contributed by atoms with van der Waals surface area (Å²) >= 11 is 0. The zero-order valence-electron chi connectivity index (χ0n) is 14.8.